The molecule has 1 aliphatic heterocycles. The monoisotopic (exact) mass is 508 g/mol. The minimum absolute atomic E-state index is 0. The summed E-state index contributed by atoms with van der Waals surface area (Å²) in [7, 11) is 1.80. The van der Waals surface area contributed by atoms with Crippen molar-refractivity contribution in [1.82, 2.24) is 25.4 Å². The van der Waals surface area contributed by atoms with Crippen molar-refractivity contribution in [3.63, 3.8) is 0 Å². The molecule has 2 aromatic rings. The second-order valence-electron chi connectivity index (χ2n) is 7.08. The molecule has 3 rings (SSSR count). The first-order chi connectivity index (χ1) is 13.8. The zero-order valence-electron chi connectivity index (χ0n) is 17.5. The van der Waals surface area contributed by atoms with Crippen LogP contribution < -0.4 is 10.6 Å². The molecule has 1 aromatic heterocycles. The molecule has 1 fully saturated rings. The summed E-state index contributed by atoms with van der Waals surface area (Å²) < 4.78 is 0. The number of aromatic nitrogens is 1. The Morgan fingerprint density at radius 1 is 0.931 bits per heavy atom. The zero-order chi connectivity index (χ0) is 19.6. The van der Waals surface area contributed by atoms with Gasteiger partial charge < -0.3 is 15.5 Å². The molecule has 0 atom stereocenters. The largest absolute Gasteiger partial charge is 0.352 e. The number of nitrogens with zero attached hydrogens (tertiary/aromatic N) is 4. The number of aliphatic imine (C=N–C) groups is 1. The molecule has 0 bridgehead atoms. The predicted molar refractivity (Wildman–Crippen MR) is 131 cm³/mol. The van der Waals surface area contributed by atoms with Gasteiger partial charge in [0.15, 0.2) is 5.96 Å². The van der Waals surface area contributed by atoms with Gasteiger partial charge in [-0.3, -0.25) is 14.9 Å². The maximum absolute atomic E-state index is 4.34. The first-order valence-electron chi connectivity index (χ1n) is 10.1. The fourth-order valence-electron chi connectivity index (χ4n) is 3.47. The number of guanidine groups is 1. The van der Waals surface area contributed by atoms with E-state index in [1.165, 1.54) is 24.2 Å². The fourth-order valence-corrected chi connectivity index (χ4v) is 3.47. The third kappa shape index (κ3) is 7.56. The topological polar surface area (TPSA) is 55.8 Å². The van der Waals surface area contributed by atoms with E-state index in [0.717, 1.165) is 44.4 Å². The number of nitrogens with one attached hydrogen (secondary N) is 2. The van der Waals surface area contributed by atoms with Crippen LogP contribution in [0, 0.1) is 0 Å². The van der Waals surface area contributed by atoms with Crippen molar-refractivity contribution in [3.05, 3.63) is 65.5 Å². The van der Waals surface area contributed by atoms with Crippen LogP contribution in [0.5, 0.6) is 0 Å². The van der Waals surface area contributed by atoms with Crippen LogP contribution in [0.1, 0.15) is 23.7 Å². The molecule has 2 N–H and O–H groups in total. The second-order valence-corrected chi connectivity index (χ2v) is 7.08. The van der Waals surface area contributed by atoms with E-state index in [2.05, 4.69) is 61.6 Å². The van der Waals surface area contributed by atoms with Gasteiger partial charge in [-0.1, -0.05) is 37.3 Å². The molecule has 2 heterocycles. The molecule has 0 saturated carbocycles. The van der Waals surface area contributed by atoms with E-state index in [4.69, 9.17) is 0 Å². The molecule has 0 aliphatic carbocycles. The lowest BCUT2D eigenvalue weighted by atomic mass is 10.1. The molecule has 1 aromatic carbocycles. The lowest BCUT2D eigenvalue weighted by Crippen LogP contribution is -2.45. The molecule has 6 nitrogen and oxygen atoms in total. The van der Waals surface area contributed by atoms with E-state index in [-0.39, 0.29) is 24.0 Å². The van der Waals surface area contributed by atoms with Gasteiger partial charge in [0.1, 0.15) is 0 Å². The van der Waals surface area contributed by atoms with Crippen LogP contribution in [0.2, 0.25) is 0 Å². The summed E-state index contributed by atoms with van der Waals surface area (Å²) in [6.45, 7) is 10.4. The summed E-state index contributed by atoms with van der Waals surface area (Å²) >= 11 is 0. The maximum atomic E-state index is 4.34. The molecule has 0 unspecified atom stereocenters. The third-order valence-corrected chi connectivity index (χ3v) is 5.26. The summed E-state index contributed by atoms with van der Waals surface area (Å²) in [6.07, 6.45) is 1.81. The Kier molecular flexibility index (Phi) is 10.4. The van der Waals surface area contributed by atoms with E-state index in [9.17, 15) is 0 Å². The predicted octanol–water partition coefficient (Wildman–Crippen LogP) is 2.70. The second kappa shape index (κ2) is 12.8. The molecular weight excluding hydrogens is 475 g/mol. The molecule has 1 aliphatic rings. The Hall–Kier alpha value is -1.71. The lowest BCUT2D eigenvalue weighted by molar-refractivity contribution is 0.131. The van der Waals surface area contributed by atoms with Crippen molar-refractivity contribution in [2.24, 2.45) is 4.99 Å². The van der Waals surface area contributed by atoms with Crippen molar-refractivity contribution >= 4 is 29.9 Å². The Balaban J connectivity index is 0.00000300. The Morgan fingerprint density at radius 2 is 1.59 bits per heavy atom. The summed E-state index contributed by atoms with van der Waals surface area (Å²) in [5.74, 6) is 0.789. The van der Waals surface area contributed by atoms with Crippen molar-refractivity contribution in [1.29, 1.82) is 0 Å². The summed E-state index contributed by atoms with van der Waals surface area (Å²) in [6, 6.07) is 14.6. The minimum atomic E-state index is 0. The first-order valence-corrected chi connectivity index (χ1v) is 10.1. The normalized spacial score (nSPS) is 15.6. The average Bonchev–Trinajstić information content (AvgIpc) is 2.76. The molecule has 0 spiro atoms. The number of pyridine rings is 1. The smallest absolute Gasteiger partial charge is 0.191 e. The number of piperazine rings is 1. The van der Waals surface area contributed by atoms with E-state index < -0.39 is 0 Å². The van der Waals surface area contributed by atoms with Crippen LogP contribution in [0.4, 0.5) is 0 Å². The SMILES string of the molecule is CCN1CCN(Cc2ccccc2CNC(=NC)NCc2ccccn2)CC1.I. The summed E-state index contributed by atoms with van der Waals surface area (Å²) in [4.78, 5) is 13.7. The Bertz CT molecular complexity index is 744. The molecule has 158 valence electrons. The van der Waals surface area contributed by atoms with Gasteiger partial charge in [-0.25, -0.2) is 0 Å². The van der Waals surface area contributed by atoms with Crippen LogP contribution >= 0.6 is 24.0 Å². The van der Waals surface area contributed by atoms with Crippen LogP contribution in [0.15, 0.2) is 53.7 Å². The van der Waals surface area contributed by atoms with Crippen molar-refractivity contribution in [2.45, 2.75) is 26.6 Å². The number of rotatable bonds is 7. The third-order valence-electron chi connectivity index (χ3n) is 5.26. The zero-order valence-corrected chi connectivity index (χ0v) is 19.8. The number of hydrogen-bond acceptors (Lipinski definition) is 4. The number of halogens is 1. The van der Waals surface area contributed by atoms with Gasteiger partial charge in [0.05, 0.1) is 12.2 Å². The van der Waals surface area contributed by atoms with E-state index in [0.29, 0.717) is 6.54 Å². The number of benzene rings is 1. The van der Waals surface area contributed by atoms with Gasteiger partial charge >= 0.3 is 0 Å². The van der Waals surface area contributed by atoms with Gasteiger partial charge in [0, 0.05) is 52.5 Å². The number of likely N-dealkylation sites (N-methyl/N-ethyl adjacent to an activating group) is 1. The molecule has 29 heavy (non-hydrogen) atoms. The summed E-state index contributed by atoms with van der Waals surface area (Å²) in [5, 5.41) is 6.76. The van der Waals surface area contributed by atoms with Crippen molar-refractivity contribution < 1.29 is 0 Å². The maximum Gasteiger partial charge on any atom is 0.191 e. The molecule has 0 radical (unpaired) electrons. The molecule has 7 heteroatoms. The van der Waals surface area contributed by atoms with Crippen LogP contribution in [-0.4, -0.2) is 60.5 Å². The highest BCUT2D eigenvalue weighted by Gasteiger charge is 2.16. The van der Waals surface area contributed by atoms with Crippen LogP contribution in [0.3, 0.4) is 0 Å². The lowest BCUT2D eigenvalue weighted by Gasteiger charge is -2.34. The standard InChI is InChI=1S/C22H32N6.HI/c1-3-27-12-14-28(15-13-27)18-20-9-5-4-8-19(20)16-25-22(23-2)26-17-21-10-6-7-11-24-21;/h4-11H,3,12-18H2,1-2H3,(H2,23,25,26);1H. The van der Waals surface area contributed by atoms with E-state index in [1.807, 2.05) is 24.4 Å². The molecular formula is C22H33IN6. The Labute approximate surface area is 191 Å². The van der Waals surface area contributed by atoms with Crippen molar-refractivity contribution in [2.75, 3.05) is 39.8 Å². The van der Waals surface area contributed by atoms with Gasteiger partial charge in [-0.15, -0.1) is 24.0 Å². The highest BCUT2D eigenvalue weighted by atomic mass is 127. The van der Waals surface area contributed by atoms with Crippen molar-refractivity contribution in [3.8, 4) is 0 Å². The fraction of sp³-hybridized carbons (Fsp3) is 0.455. The quantitative estimate of drug-likeness (QED) is 0.342. The first kappa shape index (κ1) is 23.6. The summed E-state index contributed by atoms with van der Waals surface area (Å²) in [5.41, 5.74) is 3.71. The van der Waals surface area contributed by atoms with E-state index in [1.54, 1.807) is 7.05 Å². The highest BCUT2D eigenvalue weighted by molar-refractivity contribution is 14.0. The van der Waals surface area contributed by atoms with E-state index >= 15 is 0 Å². The van der Waals surface area contributed by atoms with Gasteiger partial charge in [-0.05, 0) is 29.8 Å². The minimum Gasteiger partial charge on any atom is -0.352 e. The average molecular weight is 508 g/mol. The van der Waals surface area contributed by atoms with Gasteiger partial charge in [-0.2, -0.15) is 0 Å². The van der Waals surface area contributed by atoms with Gasteiger partial charge in [0.25, 0.3) is 0 Å². The number of hydrogen-bond donors (Lipinski definition) is 2. The molecule has 1 saturated heterocycles. The van der Waals surface area contributed by atoms with Gasteiger partial charge in [0.2, 0.25) is 0 Å². The Morgan fingerprint density at radius 3 is 2.24 bits per heavy atom. The van der Waals surface area contributed by atoms with Crippen LogP contribution in [0.25, 0.3) is 0 Å². The highest BCUT2D eigenvalue weighted by Crippen LogP contribution is 2.13. The van der Waals surface area contributed by atoms with Crippen LogP contribution in [-0.2, 0) is 19.6 Å². The molecule has 0 amide bonds.